The average molecular weight is 243 g/mol. The molecule has 1 aliphatic rings. The maximum Gasteiger partial charge on any atom is 0.291 e. The van der Waals surface area contributed by atoms with Crippen LogP contribution in [-0.2, 0) is 4.79 Å². The lowest BCUT2D eigenvalue weighted by molar-refractivity contribution is -0.115. The molecule has 1 aromatic carbocycles. The number of carbonyl (C=O) groups excluding carboxylic acids is 1. The van der Waals surface area contributed by atoms with E-state index in [9.17, 15) is 4.79 Å². The van der Waals surface area contributed by atoms with Gasteiger partial charge in [0.2, 0.25) is 0 Å². The molecule has 0 saturated carbocycles. The number of para-hydroxylation sites is 2. The predicted molar refractivity (Wildman–Crippen MR) is 68.0 cm³/mol. The summed E-state index contributed by atoms with van der Waals surface area (Å²) < 4.78 is 5.57. The highest BCUT2D eigenvalue weighted by Gasteiger charge is 2.21. The highest BCUT2D eigenvalue weighted by molar-refractivity contribution is 7.08. The van der Waals surface area contributed by atoms with Gasteiger partial charge in [0, 0.05) is 0 Å². The van der Waals surface area contributed by atoms with Crippen LogP contribution < -0.4 is 10.1 Å². The van der Waals surface area contributed by atoms with Gasteiger partial charge in [-0.3, -0.25) is 4.79 Å². The summed E-state index contributed by atoms with van der Waals surface area (Å²) in [5.41, 5.74) is 1.68. The van der Waals surface area contributed by atoms with Gasteiger partial charge in [-0.15, -0.1) is 0 Å². The number of amides is 1. The lowest BCUT2D eigenvalue weighted by Gasteiger charge is -2.19. The Morgan fingerprint density at radius 1 is 1.24 bits per heavy atom. The number of fused-ring (bicyclic) bond motifs is 1. The number of nitrogens with one attached hydrogen (secondary N) is 1. The molecule has 1 aliphatic heterocycles. The van der Waals surface area contributed by atoms with E-state index in [0.29, 0.717) is 17.2 Å². The lowest BCUT2D eigenvalue weighted by Crippen LogP contribution is -2.23. The van der Waals surface area contributed by atoms with E-state index in [-0.39, 0.29) is 5.91 Å². The Bertz CT molecular complexity index is 587. The first-order chi connectivity index (χ1) is 8.33. The van der Waals surface area contributed by atoms with Gasteiger partial charge < -0.3 is 10.1 Å². The van der Waals surface area contributed by atoms with E-state index in [1.807, 2.05) is 41.1 Å². The van der Waals surface area contributed by atoms with E-state index in [0.717, 1.165) is 5.56 Å². The molecule has 0 atom stereocenters. The zero-order valence-electron chi connectivity index (χ0n) is 8.84. The fraction of sp³-hybridized carbons (Fsp3) is 0. The third-order valence-corrected chi connectivity index (χ3v) is 3.12. The van der Waals surface area contributed by atoms with Gasteiger partial charge in [0.05, 0.1) is 5.69 Å². The molecule has 0 bridgehead atoms. The standard InChI is InChI=1S/C13H9NO2S/c15-13-12(7-9-5-6-17-8-9)16-11-4-2-1-3-10(11)14-13/h1-8H,(H,14,15). The SMILES string of the molecule is O=C1Nc2ccccc2OC1=Cc1ccsc1. The minimum atomic E-state index is -0.213. The third-order valence-electron chi connectivity index (χ3n) is 2.42. The van der Waals surface area contributed by atoms with Crippen LogP contribution in [0, 0.1) is 0 Å². The van der Waals surface area contributed by atoms with Gasteiger partial charge in [0.25, 0.3) is 5.91 Å². The van der Waals surface area contributed by atoms with Gasteiger partial charge in [-0.05, 0) is 40.6 Å². The van der Waals surface area contributed by atoms with Crippen molar-refractivity contribution in [1.82, 2.24) is 0 Å². The summed E-state index contributed by atoms with van der Waals surface area (Å²) >= 11 is 1.58. The van der Waals surface area contributed by atoms with Crippen molar-refractivity contribution in [3.63, 3.8) is 0 Å². The first-order valence-corrected chi connectivity index (χ1v) is 6.09. The zero-order chi connectivity index (χ0) is 11.7. The number of thiophene rings is 1. The van der Waals surface area contributed by atoms with E-state index < -0.39 is 0 Å². The molecule has 0 radical (unpaired) electrons. The molecule has 17 heavy (non-hydrogen) atoms. The second-order valence-corrected chi connectivity index (χ2v) is 4.40. The minimum Gasteiger partial charge on any atom is -0.449 e. The van der Waals surface area contributed by atoms with Crippen molar-refractivity contribution < 1.29 is 9.53 Å². The summed E-state index contributed by atoms with van der Waals surface area (Å²) in [6.45, 7) is 0. The maximum absolute atomic E-state index is 11.8. The molecular formula is C13H9NO2S. The smallest absolute Gasteiger partial charge is 0.291 e. The van der Waals surface area contributed by atoms with Crippen LogP contribution in [0.25, 0.3) is 6.08 Å². The van der Waals surface area contributed by atoms with Crippen LogP contribution >= 0.6 is 11.3 Å². The van der Waals surface area contributed by atoms with Crippen molar-refractivity contribution in [2.45, 2.75) is 0 Å². The van der Waals surface area contributed by atoms with Gasteiger partial charge in [-0.1, -0.05) is 12.1 Å². The van der Waals surface area contributed by atoms with E-state index in [2.05, 4.69) is 5.32 Å². The monoisotopic (exact) mass is 243 g/mol. The molecule has 4 heteroatoms. The number of carbonyl (C=O) groups is 1. The van der Waals surface area contributed by atoms with Gasteiger partial charge in [0.1, 0.15) is 0 Å². The van der Waals surface area contributed by atoms with Crippen LogP contribution in [0.5, 0.6) is 5.75 Å². The normalized spacial score (nSPS) is 16.2. The van der Waals surface area contributed by atoms with Gasteiger partial charge >= 0.3 is 0 Å². The molecule has 0 fully saturated rings. The average Bonchev–Trinajstić information content (AvgIpc) is 2.83. The second kappa shape index (κ2) is 4.07. The summed E-state index contributed by atoms with van der Waals surface area (Å²) in [4.78, 5) is 11.8. The number of hydrogen-bond donors (Lipinski definition) is 1. The van der Waals surface area contributed by atoms with Crippen molar-refractivity contribution in [3.8, 4) is 5.75 Å². The molecule has 0 unspecified atom stereocenters. The van der Waals surface area contributed by atoms with Crippen molar-refractivity contribution in [1.29, 1.82) is 0 Å². The van der Waals surface area contributed by atoms with E-state index in [1.54, 1.807) is 17.4 Å². The van der Waals surface area contributed by atoms with Crippen molar-refractivity contribution in [2.24, 2.45) is 0 Å². The van der Waals surface area contributed by atoms with Gasteiger partial charge in [0.15, 0.2) is 11.5 Å². The van der Waals surface area contributed by atoms with Crippen LogP contribution in [0.4, 0.5) is 5.69 Å². The highest BCUT2D eigenvalue weighted by Crippen LogP contribution is 2.30. The van der Waals surface area contributed by atoms with E-state index >= 15 is 0 Å². The molecule has 0 saturated heterocycles. The van der Waals surface area contributed by atoms with Crippen molar-refractivity contribution in [2.75, 3.05) is 5.32 Å². The number of anilines is 1. The Morgan fingerprint density at radius 2 is 2.12 bits per heavy atom. The summed E-state index contributed by atoms with van der Waals surface area (Å²) in [7, 11) is 0. The molecule has 1 aromatic heterocycles. The third kappa shape index (κ3) is 1.94. The van der Waals surface area contributed by atoms with Gasteiger partial charge in [-0.2, -0.15) is 11.3 Å². The Labute approximate surface area is 102 Å². The quantitative estimate of drug-likeness (QED) is 0.781. The molecule has 3 rings (SSSR count). The molecule has 84 valence electrons. The van der Waals surface area contributed by atoms with E-state index in [4.69, 9.17) is 4.74 Å². The summed E-state index contributed by atoms with van der Waals surface area (Å²) in [5, 5.41) is 6.72. The molecule has 0 spiro atoms. The van der Waals surface area contributed by atoms with E-state index in [1.165, 1.54) is 0 Å². The molecule has 2 aromatic rings. The van der Waals surface area contributed by atoms with Crippen LogP contribution in [0.15, 0.2) is 46.9 Å². The predicted octanol–water partition coefficient (Wildman–Crippen LogP) is 3.12. The lowest BCUT2D eigenvalue weighted by atomic mass is 10.2. The van der Waals surface area contributed by atoms with Gasteiger partial charge in [-0.25, -0.2) is 0 Å². The fourth-order valence-corrected chi connectivity index (χ4v) is 2.23. The first-order valence-electron chi connectivity index (χ1n) is 5.15. The zero-order valence-corrected chi connectivity index (χ0v) is 9.66. The largest absolute Gasteiger partial charge is 0.449 e. The number of ether oxygens (including phenoxy) is 1. The molecule has 1 amide bonds. The van der Waals surface area contributed by atoms with Crippen molar-refractivity contribution >= 4 is 29.0 Å². The molecule has 1 N–H and O–H groups in total. The summed E-state index contributed by atoms with van der Waals surface area (Å²) in [6, 6.07) is 9.31. The Balaban J connectivity index is 1.97. The Kier molecular flexibility index (Phi) is 2.42. The number of benzene rings is 1. The molecular weight excluding hydrogens is 234 g/mol. The topological polar surface area (TPSA) is 38.3 Å². The molecule has 3 nitrogen and oxygen atoms in total. The number of rotatable bonds is 1. The Morgan fingerprint density at radius 3 is 2.94 bits per heavy atom. The number of hydrogen-bond acceptors (Lipinski definition) is 3. The fourth-order valence-electron chi connectivity index (χ4n) is 1.61. The molecule has 0 aliphatic carbocycles. The first kappa shape index (κ1) is 10.1. The summed E-state index contributed by atoms with van der Waals surface area (Å²) in [6.07, 6.45) is 1.74. The van der Waals surface area contributed by atoms with Crippen molar-refractivity contribution in [3.05, 3.63) is 52.4 Å². The molecule has 2 heterocycles. The van der Waals surface area contributed by atoms with Crippen LogP contribution in [0.3, 0.4) is 0 Å². The second-order valence-electron chi connectivity index (χ2n) is 3.62. The summed E-state index contributed by atoms with van der Waals surface area (Å²) in [5.74, 6) is 0.783. The highest BCUT2D eigenvalue weighted by atomic mass is 32.1. The van der Waals surface area contributed by atoms with Crippen LogP contribution in [0.2, 0.25) is 0 Å². The van der Waals surface area contributed by atoms with Crippen LogP contribution in [0.1, 0.15) is 5.56 Å². The Hall–Kier alpha value is -2.07. The minimum absolute atomic E-state index is 0.213. The van der Waals surface area contributed by atoms with Crippen LogP contribution in [-0.4, -0.2) is 5.91 Å². The maximum atomic E-state index is 11.8.